The fourth-order valence-corrected chi connectivity index (χ4v) is 3.92. The molecule has 2 aromatic carbocycles. The van der Waals surface area contributed by atoms with Gasteiger partial charge in [0.05, 0.1) is 13.2 Å². The van der Waals surface area contributed by atoms with Crippen LogP contribution < -0.4 is 4.74 Å². The summed E-state index contributed by atoms with van der Waals surface area (Å²) in [4.78, 5) is 11.6. The normalized spacial score (nSPS) is 28.7. The zero-order chi connectivity index (χ0) is 21.8. The van der Waals surface area contributed by atoms with E-state index in [1.165, 1.54) is 6.92 Å². The molecule has 1 aliphatic rings. The minimum atomic E-state index is -1.98. The number of ether oxygens (including phenoxy) is 3. The van der Waals surface area contributed by atoms with Crippen molar-refractivity contribution in [2.45, 2.75) is 43.7 Å². The Kier molecular flexibility index (Phi) is 6.77. The highest BCUT2D eigenvalue weighted by Gasteiger charge is 2.62. The van der Waals surface area contributed by atoms with Crippen LogP contribution in [-0.2, 0) is 26.3 Å². The van der Waals surface area contributed by atoms with Crippen molar-refractivity contribution in [1.29, 1.82) is 0 Å². The molecule has 2 aromatic rings. The van der Waals surface area contributed by atoms with Crippen LogP contribution in [0.15, 0.2) is 54.6 Å². The summed E-state index contributed by atoms with van der Waals surface area (Å²) in [6, 6.07) is 15.9. The lowest BCUT2D eigenvalue weighted by atomic mass is 9.68. The van der Waals surface area contributed by atoms with Crippen molar-refractivity contribution in [3.8, 4) is 5.75 Å². The van der Waals surface area contributed by atoms with Gasteiger partial charge in [-0.15, -0.1) is 0 Å². The first-order chi connectivity index (χ1) is 14.3. The van der Waals surface area contributed by atoms with Gasteiger partial charge in [-0.3, -0.25) is 4.79 Å². The molecule has 7 nitrogen and oxygen atoms in total. The smallest absolute Gasteiger partial charge is 0.302 e. The van der Waals surface area contributed by atoms with E-state index in [9.17, 15) is 20.1 Å². The number of aliphatic hydroxyl groups excluding tert-OH is 2. The van der Waals surface area contributed by atoms with Crippen molar-refractivity contribution >= 4 is 5.97 Å². The van der Waals surface area contributed by atoms with Gasteiger partial charge >= 0.3 is 5.97 Å². The third kappa shape index (κ3) is 4.20. The molecule has 4 unspecified atom stereocenters. The van der Waals surface area contributed by atoms with E-state index in [2.05, 4.69) is 0 Å². The molecule has 1 saturated heterocycles. The Morgan fingerprint density at radius 3 is 2.40 bits per heavy atom. The Labute approximate surface area is 175 Å². The van der Waals surface area contributed by atoms with Crippen molar-refractivity contribution in [2.75, 3.05) is 19.8 Å². The highest BCUT2D eigenvalue weighted by atomic mass is 16.6. The zero-order valence-electron chi connectivity index (χ0n) is 17.2. The summed E-state index contributed by atoms with van der Waals surface area (Å²) >= 11 is 0. The van der Waals surface area contributed by atoms with E-state index in [4.69, 9.17) is 14.2 Å². The predicted molar refractivity (Wildman–Crippen MR) is 109 cm³/mol. The van der Waals surface area contributed by atoms with Gasteiger partial charge in [0.2, 0.25) is 0 Å². The second-order valence-corrected chi connectivity index (χ2v) is 7.47. The molecule has 162 valence electrons. The number of hydrogen-bond donors (Lipinski definition) is 3. The minimum Gasteiger partial charge on any atom is -0.494 e. The summed E-state index contributed by atoms with van der Waals surface area (Å²) in [5.74, 6) is 0.140. The highest BCUT2D eigenvalue weighted by Crippen LogP contribution is 2.45. The predicted octanol–water partition coefficient (Wildman–Crippen LogP) is 1.57. The molecule has 0 aromatic heterocycles. The molecule has 0 radical (unpaired) electrons. The molecule has 0 spiro atoms. The van der Waals surface area contributed by atoms with Gasteiger partial charge in [-0.05, 0) is 30.2 Å². The van der Waals surface area contributed by atoms with E-state index >= 15 is 0 Å². The Bertz CT molecular complexity index is 838. The largest absolute Gasteiger partial charge is 0.494 e. The molecule has 0 aliphatic carbocycles. The molecule has 1 heterocycles. The van der Waals surface area contributed by atoms with Gasteiger partial charge in [0.25, 0.3) is 0 Å². The summed E-state index contributed by atoms with van der Waals surface area (Å²) in [5.41, 5.74) is -2.32. The van der Waals surface area contributed by atoms with Crippen LogP contribution in [0.5, 0.6) is 5.75 Å². The fraction of sp³-hybridized carbons (Fsp3) is 0.435. The van der Waals surface area contributed by atoms with Gasteiger partial charge < -0.3 is 29.5 Å². The van der Waals surface area contributed by atoms with Gasteiger partial charge in [0.1, 0.15) is 30.2 Å². The molecule has 0 saturated carbocycles. The minimum absolute atomic E-state index is 0.0478. The quantitative estimate of drug-likeness (QED) is 0.589. The van der Waals surface area contributed by atoms with Crippen LogP contribution in [-0.4, -0.2) is 58.9 Å². The average molecular weight is 416 g/mol. The summed E-state index contributed by atoms with van der Waals surface area (Å²) in [7, 11) is 0. The number of carbonyl (C=O) groups excluding carboxylic acids is 1. The SMILES string of the molecule is CCOc1ccc(CC2(O)C(O)C(O)COC2(COC(C)=O)c2ccccc2)cc1. The first-order valence-electron chi connectivity index (χ1n) is 9.95. The van der Waals surface area contributed by atoms with Crippen molar-refractivity contribution in [3.05, 3.63) is 65.7 Å². The number of rotatable bonds is 7. The van der Waals surface area contributed by atoms with E-state index < -0.39 is 29.4 Å². The van der Waals surface area contributed by atoms with Crippen molar-refractivity contribution < 1.29 is 34.3 Å². The molecule has 1 aliphatic heterocycles. The van der Waals surface area contributed by atoms with Crippen LogP contribution >= 0.6 is 0 Å². The zero-order valence-corrected chi connectivity index (χ0v) is 17.2. The lowest BCUT2D eigenvalue weighted by molar-refractivity contribution is -0.305. The van der Waals surface area contributed by atoms with Crippen LogP contribution in [0.2, 0.25) is 0 Å². The van der Waals surface area contributed by atoms with Crippen LogP contribution in [0.1, 0.15) is 25.0 Å². The molecule has 0 amide bonds. The number of carbonyl (C=O) groups is 1. The van der Waals surface area contributed by atoms with Crippen LogP contribution in [0.4, 0.5) is 0 Å². The highest BCUT2D eigenvalue weighted by molar-refractivity contribution is 5.66. The maximum absolute atomic E-state index is 11.9. The number of benzene rings is 2. The fourth-order valence-electron chi connectivity index (χ4n) is 3.92. The lowest BCUT2D eigenvalue weighted by Crippen LogP contribution is -2.70. The first kappa shape index (κ1) is 22.2. The second-order valence-electron chi connectivity index (χ2n) is 7.47. The van der Waals surface area contributed by atoms with E-state index in [1.807, 2.05) is 13.0 Å². The first-order valence-corrected chi connectivity index (χ1v) is 9.95. The third-order valence-corrected chi connectivity index (χ3v) is 5.48. The number of aliphatic hydroxyl groups is 3. The number of hydrogen-bond acceptors (Lipinski definition) is 7. The van der Waals surface area contributed by atoms with Crippen molar-refractivity contribution in [1.82, 2.24) is 0 Å². The third-order valence-electron chi connectivity index (χ3n) is 5.48. The summed E-state index contributed by atoms with van der Waals surface area (Å²) < 4.78 is 16.7. The molecule has 0 bridgehead atoms. The van der Waals surface area contributed by atoms with Crippen LogP contribution in [0.25, 0.3) is 0 Å². The summed E-state index contributed by atoms with van der Waals surface area (Å²) in [5, 5.41) is 33.1. The van der Waals surface area contributed by atoms with Gasteiger partial charge in [-0.25, -0.2) is 0 Å². The van der Waals surface area contributed by atoms with Crippen molar-refractivity contribution in [2.24, 2.45) is 0 Å². The molecule has 1 fully saturated rings. The molecule has 3 N–H and O–H groups in total. The average Bonchev–Trinajstić information content (AvgIpc) is 2.74. The monoisotopic (exact) mass is 416 g/mol. The molecule has 3 rings (SSSR count). The Balaban J connectivity index is 2.06. The van der Waals surface area contributed by atoms with Gasteiger partial charge in [0.15, 0.2) is 5.60 Å². The summed E-state index contributed by atoms with van der Waals surface area (Å²) in [6.07, 6.45) is -2.88. The van der Waals surface area contributed by atoms with E-state index in [0.29, 0.717) is 23.5 Å². The Morgan fingerprint density at radius 2 is 1.80 bits per heavy atom. The molecular weight excluding hydrogens is 388 g/mol. The molecule has 30 heavy (non-hydrogen) atoms. The van der Waals surface area contributed by atoms with Crippen molar-refractivity contribution in [3.63, 3.8) is 0 Å². The lowest BCUT2D eigenvalue weighted by Gasteiger charge is -2.53. The van der Waals surface area contributed by atoms with E-state index in [0.717, 1.165) is 0 Å². The van der Waals surface area contributed by atoms with Gasteiger partial charge in [-0.1, -0.05) is 42.5 Å². The number of esters is 1. The van der Waals surface area contributed by atoms with Gasteiger partial charge in [-0.2, -0.15) is 0 Å². The van der Waals surface area contributed by atoms with E-state index in [1.54, 1.807) is 48.5 Å². The van der Waals surface area contributed by atoms with Gasteiger partial charge in [0, 0.05) is 13.3 Å². The maximum atomic E-state index is 11.9. The Morgan fingerprint density at radius 1 is 1.13 bits per heavy atom. The topological polar surface area (TPSA) is 105 Å². The van der Waals surface area contributed by atoms with E-state index in [-0.39, 0.29) is 19.6 Å². The second kappa shape index (κ2) is 9.14. The molecule has 7 heteroatoms. The van der Waals surface area contributed by atoms with Crippen LogP contribution in [0.3, 0.4) is 0 Å². The standard InChI is InChI=1S/C23H28O7/c1-3-28-19-11-9-17(10-12-19)13-22(27)21(26)20(25)14-30-23(22,15-29-16(2)24)18-7-5-4-6-8-18/h4-12,20-21,25-27H,3,13-15H2,1-2H3. The Hall–Kier alpha value is -2.45. The van der Waals surface area contributed by atoms with Crippen LogP contribution in [0, 0.1) is 0 Å². The molecule has 4 atom stereocenters. The summed E-state index contributed by atoms with van der Waals surface area (Å²) in [6.45, 7) is 3.14. The maximum Gasteiger partial charge on any atom is 0.302 e. The molecular formula is C23H28O7.